The van der Waals surface area contributed by atoms with Crippen molar-refractivity contribution < 1.29 is 21.9 Å². The van der Waals surface area contributed by atoms with Crippen molar-refractivity contribution in [3.05, 3.63) is 21.9 Å². The number of rotatable bonds is 6. The van der Waals surface area contributed by atoms with Crippen LogP contribution in [0.5, 0.6) is 5.75 Å². The van der Waals surface area contributed by atoms with Crippen molar-refractivity contribution in [2.45, 2.75) is 19.6 Å². The number of alkyl halides is 2. The van der Waals surface area contributed by atoms with Crippen LogP contribution < -0.4 is 4.74 Å². The number of sulfone groups is 1. The third-order valence-corrected chi connectivity index (χ3v) is 4.61. The van der Waals surface area contributed by atoms with E-state index in [1.165, 1.54) is 18.4 Å². The van der Waals surface area contributed by atoms with Gasteiger partial charge in [0.05, 0.1) is 11.3 Å². The minimum Gasteiger partial charge on any atom is -0.435 e. The summed E-state index contributed by atoms with van der Waals surface area (Å²) in [4.78, 5) is 0. The fourth-order valence-corrected chi connectivity index (χ4v) is 3.29. The van der Waals surface area contributed by atoms with Gasteiger partial charge in [-0.1, -0.05) is 0 Å². The lowest BCUT2D eigenvalue weighted by molar-refractivity contribution is -0.0497. The molecule has 116 valence electrons. The van der Waals surface area contributed by atoms with Gasteiger partial charge in [0.2, 0.25) is 0 Å². The number of aryl methyl sites for hydroxylation is 1. The molecule has 9 heteroatoms. The van der Waals surface area contributed by atoms with E-state index in [1.54, 1.807) is 10.7 Å². The molecule has 2 rings (SSSR count). The van der Waals surface area contributed by atoms with Gasteiger partial charge in [0.1, 0.15) is 19.3 Å². The molecule has 0 spiro atoms. The van der Waals surface area contributed by atoms with Crippen LogP contribution in [0.3, 0.4) is 0 Å². The van der Waals surface area contributed by atoms with Crippen LogP contribution in [-0.4, -0.2) is 36.8 Å². The molecule has 21 heavy (non-hydrogen) atoms. The highest BCUT2D eigenvalue weighted by atomic mass is 127. The smallest absolute Gasteiger partial charge is 0.387 e. The Hall–Kier alpha value is -0.970. The van der Waals surface area contributed by atoms with Crippen molar-refractivity contribution in [2.75, 3.05) is 12.0 Å². The highest BCUT2D eigenvalue weighted by Gasteiger charge is 2.12. The lowest BCUT2D eigenvalue weighted by Gasteiger charge is -2.05. The van der Waals surface area contributed by atoms with Crippen molar-refractivity contribution in [3.63, 3.8) is 0 Å². The summed E-state index contributed by atoms with van der Waals surface area (Å²) >= 11 is 2.00. The average Bonchev–Trinajstić information content (AvgIpc) is 2.64. The van der Waals surface area contributed by atoms with Gasteiger partial charge in [-0.05, 0) is 47.2 Å². The Morgan fingerprint density at radius 2 is 2.14 bits per heavy atom. The number of aromatic nitrogens is 2. The predicted molar refractivity (Wildman–Crippen MR) is 83.4 cm³/mol. The van der Waals surface area contributed by atoms with Crippen molar-refractivity contribution in [3.8, 4) is 5.75 Å². The Morgan fingerprint density at radius 3 is 2.76 bits per heavy atom. The minimum atomic E-state index is -3.01. The van der Waals surface area contributed by atoms with Gasteiger partial charge in [0.15, 0.2) is 0 Å². The summed E-state index contributed by atoms with van der Waals surface area (Å²) in [5.41, 5.74) is 0.759. The largest absolute Gasteiger partial charge is 0.435 e. The topological polar surface area (TPSA) is 61.2 Å². The van der Waals surface area contributed by atoms with Crippen molar-refractivity contribution >= 4 is 43.3 Å². The van der Waals surface area contributed by atoms with Gasteiger partial charge in [-0.2, -0.15) is 13.9 Å². The van der Waals surface area contributed by atoms with Crippen LogP contribution >= 0.6 is 22.6 Å². The predicted octanol–water partition coefficient (Wildman–Crippen LogP) is 2.68. The van der Waals surface area contributed by atoms with Crippen LogP contribution in [-0.2, 0) is 16.4 Å². The second-order valence-electron chi connectivity index (χ2n) is 4.55. The van der Waals surface area contributed by atoms with Gasteiger partial charge < -0.3 is 4.74 Å². The summed E-state index contributed by atoms with van der Waals surface area (Å²) < 4.78 is 53.3. The summed E-state index contributed by atoms with van der Waals surface area (Å²) in [6.07, 6.45) is 1.63. The molecular formula is C12H13F2IN2O3S. The number of halogens is 3. The maximum atomic E-state index is 12.2. The van der Waals surface area contributed by atoms with Gasteiger partial charge in [-0.3, -0.25) is 4.68 Å². The molecule has 1 heterocycles. The molecule has 0 atom stereocenters. The monoisotopic (exact) mass is 430 g/mol. The van der Waals surface area contributed by atoms with E-state index in [-0.39, 0.29) is 11.5 Å². The fraction of sp³-hybridized carbons (Fsp3) is 0.417. The Bertz CT molecular complexity index is 746. The van der Waals surface area contributed by atoms with Crippen LogP contribution in [0.2, 0.25) is 0 Å². The van der Waals surface area contributed by atoms with Crippen LogP contribution in [0.25, 0.3) is 10.9 Å². The van der Waals surface area contributed by atoms with Crippen LogP contribution in [0.1, 0.15) is 6.42 Å². The molecule has 0 unspecified atom stereocenters. The lowest BCUT2D eigenvalue weighted by Crippen LogP contribution is -2.08. The summed E-state index contributed by atoms with van der Waals surface area (Å²) in [6, 6.07) is 4.59. The zero-order valence-electron chi connectivity index (χ0n) is 11.1. The van der Waals surface area contributed by atoms with E-state index in [0.717, 1.165) is 5.52 Å². The van der Waals surface area contributed by atoms with E-state index in [1.807, 2.05) is 22.6 Å². The van der Waals surface area contributed by atoms with Crippen molar-refractivity contribution in [1.29, 1.82) is 0 Å². The summed E-state index contributed by atoms with van der Waals surface area (Å²) in [7, 11) is -3.01. The molecule has 0 aliphatic rings. The van der Waals surface area contributed by atoms with E-state index in [9.17, 15) is 17.2 Å². The van der Waals surface area contributed by atoms with E-state index in [0.29, 0.717) is 22.1 Å². The lowest BCUT2D eigenvalue weighted by atomic mass is 10.2. The molecule has 0 aliphatic heterocycles. The Balaban J connectivity index is 2.22. The number of hydrogen-bond acceptors (Lipinski definition) is 4. The zero-order chi connectivity index (χ0) is 15.6. The van der Waals surface area contributed by atoms with Gasteiger partial charge in [-0.15, -0.1) is 0 Å². The molecule has 0 fully saturated rings. The number of ether oxygens (including phenoxy) is 1. The van der Waals surface area contributed by atoms with E-state index in [2.05, 4.69) is 9.84 Å². The van der Waals surface area contributed by atoms with Gasteiger partial charge in [0.25, 0.3) is 0 Å². The second-order valence-corrected chi connectivity index (χ2v) is 7.84. The molecule has 5 nitrogen and oxygen atoms in total. The molecule has 0 saturated carbocycles. The molecule has 0 amide bonds. The minimum absolute atomic E-state index is 0.0751. The molecule has 0 saturated heterocycles. The summed E-state index contributed by atoms with van der Waals surface area (Å²) in [5, 5.41) is 5.00. The molecule has 0 N–H and O–H groups in total. The highest BCUT2D eigenvalue weighted by molar-refractivity contribution is 14.1. The maximum Gasteiger partial charge on any atom is 0.387 e. The molecular weight excluding hydrogens is 417 g/mol. The Labute approximate surface area is 134 Å². The first-order valence-corrected chi connectivity index (χ1v) is 9.19. The third-order valence-electron chi connectivity index (χ3n) is 2.79. The number of nitrogens with zero attached hydrogens (tertiary/aromatic N) is 2. The van der Waals surface area contributed by atoms with Crippen LogP contribution in [0.15, 0.2) is 18.2 Å². The van der Waals surface area contributed by atoms with Crippen molar-refractivity contribution in [1.82, 2.24) is 9.78 Å². The Kier molecular flexibility index (Phi) is 5.02. The number of fused-ring (bicyclic) bond motifs is 1. The maximum absolute atomic E-state index is 12.2. The average molecular weight is 430 g/mol. The molecule has 0 bridgehead atoms. The van der Waals surface area contributed by atoms with Gasteiger partial charge >= 0.3 is 6.61 Å². The second kappa shape index (κ2) is 6.42. The number of hydrogen-bond donors (Lipinski definition) is 0. The summed E-state index contributed by atoms with van der Waals surface area (Å²) in [5.74, 6) is 0.156. The standard InChI is InChI=1S/C12H13F2IN2O3S/c1-21(18,19)6-2-5-17-10-4-3-8(20-12(13)14)7-9(10)11(15)16-17/h3-4,7,12H,2,5-6H2,1H3. The SMILES string of the molecule is CS(=O)(=O)CCCn1nc(I)c2cc(OC(F)F)ccc21. The van der Waals surface area contributed by atoms with Gasteiger partial charge in [-0.25, -0.2) is 8.42 Å². The first kappa shape index (κ1) is 16.4. The zero-order valence-corrected chi connectivity index (χ0v) is 14.1. The Morgan fingerprint density at radius 1 is 1.43 bits per heavy atom. The molecule has 1 aromatic carbocycles. The first-order valence-electron chi connectivity index (χ1n) is 6.05. The van der Waals surface area contributed by atoms with Crippen molar-refractivity contribution in [2.24, 2.45) is 0 Å². The molecule has 0 aliphatic carbocycles. The highest BCUT2D eigenvalue weighted by Crippen LogP contribution is 2.26. The quantitative estimate of drug-likeness (QED) is 0.662. The van der Waals surface area contributed by atoms with Gasteiger partial charge in [0, 0.05) is 18.2 Å². The fourth-order valence-electron chi connectivity index (χ4n) is 1.94. The molecule has 1 aromatic heterocycles. The van der Waals surface area contributed by atoms with Crippen LogP contribution in [0.4, 0.5) is 8.78 Å². The molecule has 2 aromatic rings. The van der Waals surface area contributed by atoms with E-state index in [4.69, 9.17) is 0 Å². The van der Waals surface area contributed by atoms with E-state index < -0.39 is 16.4 Å². The number of benzene rings is 1. The van der Waals surface area contributed by atoms with Crippen LogP contribution in [0, 0.1) is 3.70 Å². The van der Waals surface area contributed by atoms with E-state index >= 15 is 0 Å². The summed E-state index contributed by atoms with van der Waals surface area (Å²) in [6.45, 7) is -2.42. The third kappa shape index (κ3) is 4.50. The molecule has 0 radical (unpaired) electrons. The first-order chi connectivity index (χ1) is 9.76. The normalized spacial score (nSPS) is 12.2.